The van der Waals surface area contributed by atoms with Crippen molar-refractivity contribution in [3.05, 3.63) is 52.5 Å². The van der Waals surface area contributed by atoms with Crippen molar-refractivity contribution in [1.29, 1.82) is 0 Å². The topological polar surface area (TPSA) is 47.4 Å². The van der Waals surface area contributed by atoms with Gasteiger partial charge in [0.1, 0.15) is 18.5 Å². The number of likely N-dealkylation sites (N-methyl/N-ethyl adjacent to an activating group) is 1. The number of imidazole rings is 1. The van der Waals surface area contributed by atoms with Gasteiger partial charge in [-0.1, -0.05) is 34.1 Å². The maximum absolute atomic E-state index is 12.5. The molecule has 1 aromatic heterocycles. The molecule has 5 nitrogen and oxygen atoms in total. The number of hydrogen-bond donors (Lipinski definition) is 0. The van der Waals surface area contributed by atoms with Gasteiger partial charge in [0, 0.05) is 37.1 Å². The van der Waals surface area contributed by atoms with Crippen LogP contribution in [0.2, 0.25) is 0 Å². The van der Waals surface area contributed by atoms with E-state index in [2.05, 4.69) is 20.9 Å². The van der Waals surface area contributed by atoms with Crippen LogP contribution in [0.25, 0.3) is 0 Å². The number of ether oxygens (including phenoxy) is 1. The Morgan fingerprint density at radius 3 is 2.87 bits per heavy atom. The Balaban J connectivity index is 2.02. The highest BCUT2D eigenvalue weighted by molar-refractivity contribution is 9.10. The molecule has 0 N–H and O–H groups in total. The zero-order valence-corrected chi connectivity index (χ0v) is 15.3. The van der Waals surface area contributed by atoms with Crippen LogP contribution in [0.3, 0.4) is 0 Å². The standard InChI is InChI=1S/C17H22BrN3O2/c1-4-23-13(2)17-19-9-10-21(17)12-16(22)20(3)11-14-7-5-6-8-15(14)18/h5-10,13H,4,11-12H2,1-3H3. The second-order valence-electron chi connectivity index (χ2n) is 5.35. The van der Waals surface area contributed by atoms with Crippen molar-refractivity contribution in [3.63, 3.8) is 0 Å². The summed E-state index contributed by atoms with van der Waals surface area (Å²) >= 11 is 3.51. The molecule has 0 saturated heterocycles. The number of nitrogens with zero attached hydrogens (tertiary/aromatic N) is 3. The van der Waals surface area contributed by atoms with E-state index < -0.39 is 0 Å². The maximum atomic E-state index is 12.5. The van der Waals surface area contributed by atoms with Gasteiger partial charge in [0.15, 0.2) is 0 Å². The number of hydrogen-bond acceptors (Lipinski definition) is 3. The summed E-state index contributed by atoms with van der Waals surface area (Å²) < 4.78 is 8.42. The number of carbonyl (C=O) groups is 1. The van der Waals surface area contributed by atoms with Crippen molar-refractivity contribution >= 4 is 21.8 Å². The number of aromatic nitrogens is 2. The molecule has 0 bridgehead atoms. The van der Waals surface area contributed by atoms with Gasteiger partial charge >= 0.3 is 0 Å². The minimum absolute atomic E-state index is 0.0312. The Morgan fingerprint density at radius 1 is 1.43 bits per heavy atom. The molecule has 23 heavy (non-hydrogen) atoms. The summed E-state index contributed by atoms with van der Waals surface area (Å²) in [5.41, 5.74) is 1.08. The number of halogens is 1. The van der Waals surface area contributed by atoms with E-state index in [0.717, 1.165) is 15.9 Å². The lowest BCUT2D eigenvalue weighted by atomic mass is 10.2. The Hall–Kier alpha value is -1.66. The molecule has 0 fully saturated rings. The fourth-order valence-electron chi connectivity index (χ4n) is 2.37. The zero-order valence-electron chi connectivity index (χ0n) is 13.7. The normalized spacial score (nSPS) is 12.2. The van der Waals surface area contributed by atoms with Gasteiger partial charge in [0.05, 0.1) is 0 Å². The van der Waals surface area contributed by atoms with Gasteiger partial charge in [0.25, 0.3) is 0 Å². The lowest BCUT2D eigenvalue weighted by Crippen LogP contribution is -2.30. The SMILES string of the molecule is CCOC(C)c1nccn1CC(=O)N(C)Cc1ccccc1Br. The minimum atomic E-state index is -0.128. The Kier molecular flexibility index (Phi) is 6.36. The van der Waals surface area contributed by atoms with E-state index in [1.165, 1.54) is 0 Å². The van der Waals surface area contributed by atoms with Crippen LogP contribution < -0.4 is 0 Å². The van der Waals surface area contributed by atoms with Crippen molar-refractivity contribution in [2.75, 3.05) is 13.7 Å². The highest BCUT2D eigenvalue weighted by Crippen LogP contribution is 2.18. The highest BCUT2D eigenvalue weighted by atomic mass is 79.9. The smallest absolute Gasteiger partial charge is 0.242 e. The van der Waals surface area contributed by atoms with Crippen LogP contribution in [0.4, 0.5) is 0 Å². The second kappa shape index (κ2) is 8.26. The van der Waals surface area contributed by atoms with Crippen LogP contribution in [0.5, 0.6) is 0 Å². The summed E-state index contributed by atoms with van der Waals surface area (Å²) in [6.07, 6.45) is 3.39. The molecular formula is C17H22BrN3O2. The molecule has 1 unspecified atom stereocenters. The molecule has 1 aromatic carbocycles. The van der Waals surface area contributed by atoms with E-state index in [4.69, 9.17) is 4.74 Å². The lowest BCUT2D eigenvalue weighted by molar-refractivity contribution is -0.131. The molecule has 0 aliphatic carbocycles. The van der Waals surface area contributed by atoms with E-state index in [0.29, 0.717) is 13.2 Å². The van der Waals surface area contributed by atoms with E-state index in [-0.39, 0.29) is 18.6 Å². The fraction of sp³-hybridized carbons (Fsp3) is 0.412. The molecule has 1 amide bonds. The van der Waals surface area contributed by atoms with Crippen molar-refractivity contribution in [3.8, 4) is 0 Å². The van der Waals surface area contributed by atoms with E-state index >= 15 is 0 Å². The first kappa shape index (κ1) is 17.7. The molecule has 2 aromatic rings. The Bertz CT molecular complexity index is 657. The largest absolute Gasteiger partial charge is 0.371 e. The number of rotatable bonds is 7. The average molecular weight is 380 g/mol. The van der Waals surface area contributed by atoms with Crippen molar-refractivity contribution in [1.82, 2.24) is 14.5 Å². The van der Waals surface area contributed by atoms with Gasteiger partial charge in [-0.3, -0.25) is 4.79 Å². The third-order valence-corrected chi connectivity index (χ3v) is 4.40. The average Bonchev–Trinajstić information content (AvgIpc) is 2.98. The third kappa shape index (κ3) is 4.65. The van der Waals surface area contributed by atoms with E-state index in [1.54, 1.807) is 11.1 Å². The Morgan fingerprint density at radius 2 is 2.17 bits per heavy atom. The van der Waals surface area contributed by atoms with Crippen molar-refractivity contribution in [2.45, 2.75) is 33.0 Å². The molecule has 124 valence electrons. The molecule has 0 aliphatic heterocycles. The van der Waals surface area contributed by atoms with Gasteiger partial charge in [0.2, 0.25) is 5.91 Å². The first-order valence-corrected chi connectivity index (χ1v) is 8.42. The summed E-state index contributed by atoms with van der Waals surface area (Å²) in [4.78, 5) is 18.5. The van der Waals surface area contributed by atoms with E-state index in [9.17, 15) is 4.79 Å². The van der Waals surface area contributed by atoms with Gasteiger partial charge in [-0.2, -0.15) is 0 Å². The Labute approximate surface area is 145 Å². The van der Waals surface area contributed by atoms with Crippen LogP contribution >= 0.6 is 15.9 Å². The van der Waals surface area contributed by atoms with Gasteiger partial charge in [-0.15, -0.1) is 0 Å². The summed E-state index contributed by atoms with van der Waals surface area (Å²) in [5.74, 6) is 0.804. The molecule has 0 spiro atoms. The second-order valence-corrected chi connectivity index (χ2v) is 6.21. The molecule has 6 heteroatoms. The maximum Gasteiger partial charge on any atom is 0.242 e. The molecule has 0 saturated carbocycles. The molecule has 0 radical (unpaired) electrons. The fourth-order valence-corrected chi connectivity index (χ4v) is 2.78. The van der Waals surface area contributed by atoms with Gasteiger partial charge in [-0.25, -0.2) is 4.98 Å². The molecule has 0 aliphatic rings. The first-order valence-electron chi connectivity index (χ1n) is 7.63. The predicted molar refractivity (Wildman–Crippen MR) is 92.9 cm³/mol. The monoisotopic (exact) mass is 379 g/mol. The van der Waals surface area contributed by atoms with Crippen LogP contribution in [-0.2, 0) is 22.6 Å². The number of amides is 1. The van der Waals surface area contributed by atoms with Crippen molar-refractivity contribution < 1.29 is 9.53 Å². The van der Waals surface area contributed by atoms with Crippen LogP contribution in [0.15, 0.2) is 41.1 Å². The predicted octanol–water partition coefficient (Wildman–Crippen LogP) is 3.40. The first-order chi connectivity index (χ1) is 11.0. The van der Waals surface area contributed by atoms with Crippen LogP contribution in [0, 0.1) is 0 Å². The summed E-state index contributed by atoms with van der Waals surface area (Å²) in [6.45, 7) is 5.32. The molecule has 1 heterocycles. The molecule has 2 rings (SSSR count). The summed E-state index contributed by atoms with van der Waals surface area (Å²) in [6, 6.07) is 7.91. The van der Waals surface area contributed by atoms with Crippen molar-refractivity contribution in [2.24, 2.45) is 0 Å². The summed E-state index contributed by atoms with van der Waals surface area (Å²) in [5, 5.41) is 0. The number of carbonyl (C=O) groups excluding carboxylic acids is 1. The lowest BCUT2D eigenvalue weighted by Gasteiger charge is -2.20. The van der Waals surface area contributed by atoms with Gasteiger partial charge in [-0.05, 0) is 25.5 Å². The summed E-state index contributed by atoms with van der Waals surface area (Å²) in [7, 11) is 1.81. The highest BCUT2D eigenvalue weighted by Gasteiger charge is 2.16. The molecular weight excluding hydrogens is 358 g/mol. The van der Waals surface area contributed by atoms with Crippen LogP contribution in [0.1, 0.15) is 31.3 Å². The van der Waals surface area contributed by atoms with Gasteiger partial charge < -0.3 is 14.2 Å². The minimum Gasteiger partial charge on any atom is -0.371 e. The third-order valence-electron chi connectivity index (χ3n) is 3.62. The molecule has 1 atom stereocenters. The van der Waals surface area contributed by atoms with E-state index in [1.807, 2.05) is 55.9 Å². The zero-order chi connectivity index (χ0) is 16.8. The number of benzene rings is 1. The quantitative estimate of drug-likeness (QED) is 0.740. The van der Waals surface area contributed by atoms with Crippen LogP contribution in [-0.4, -0.2) is 34.0 Å².